The molecule has 2 aliphatic rings. The van der Waals surface area contributed by atoms with Crippen LogP contribution in [0, 0.1) is 5.41 Å². The minimum atomic E-state index is -0.608. The Labute approximate surface area is 179 Å². The zero-order valence-corrected chi connectivity index (χ0v) is 18.1. The minimum Gasteiger partial charge on any atom is -0.494 e. The first-order chi connectivity index (χ1) is 14.6. The largest absolute Gasteiger partial charge is 0.494 e. The van der Waals surface area contributed by atoms with Crippen LogP contribution in [0.2, 0.25) is 0 Å². The number of carbonyl (C=O) groups excluding carboxylic acids is 1. The molecule has 1 atom stereocenters. The molecule has 2 heterocycles. The quantitative estimate of drug-likeness (QED) is 0.818. The first-order valence-corrected chi connectivity index (χ1v) is 10.2. The predicted molar refractivity (Wildman–Crippen MR) is 117 cm³/mol. The lowest BCUT2D eigenvalue weighted by atomic mass is 9.78. The highest BCUT2D eigenvalue weighted by Gasteiger charge is 2.38. The first kappa shape index (κ1) is 20.8. The van der Waals surface area contributed by atoms with Crippen molar-refractivity contribution < 1.29 is 9.90 Å². The van der Waals surface area contributed by atoms with Gasteiger partial charge in [-0.3, -0.25) is 23.7 Å². The van der Waals surface area contributed by atoms with Gasteiger partial charge in [-0.25, -0.2) is 4.79 Å². The SMILES string of the molecule is Cn1c(O)c(C2=NN(C3=CC(=O)CC(C)(C)C3)C(c3ccccc3)C2)c(=O)n(C)c1=O. The van der Waals surface area contributed by atoms with Gasteiger partial charge in [-0.1, -0.05) is 44.2 Å². The monoisotopic (exact) mass is 422 g/mol. The number of nitrogens with zero attached hydrogens (tertiary/aromatic N) is 4. The second kappa shape index (κ2) is 7.37. The van der Waals surface area contributed by atoms with Crippen LogP contribution in [0.25, 0.3) is 0 Å². The van der Waals surface area contributed by atoms with Crippen molar-refractivity contribution in [1.29, 1.82) is 0 Å². The van der Waals surface area contributed by atoms with E-state index in [1.807, 2.05) is 44.2 Å². The van der Waals surface area contributed by atoms with Gasteiger partial charge in [-0.05, 0) is 17.4 Å². The van der Waals surface area contributed by atoms with Crippen LogP contribution in [-0.4, -0.2) is 30.7 Å². The predicted octanol–water partition coefficient (Wildman–Crippen LogP) is 2.21. The van der Waals surface area contributed by atoms with E-state index in [9.17, 15) is 19.5 Å². The van der Waals surface area contributed by atoms with Crippen molar-refractivity contribution in [1.82, 2.24) is 14.1 Å². The highest BCUT2D eigenvalue weighted by atomic mass is 16.3. The summed E-state index contributed by atoms with van der Waals surface area (Å²) in [6, 6.07) is 9.50. The average Bonchev–Trinajstić information content (AvgIpc) is 3.15. The molecule has 0 spiro atoms. The number of aromatic hydroxyl groups is 1. The summed E-state index contributed by atoms with van der Waals surface area (Å²) in [7, 11) is 2.79. The second-order valence-corrected chi connectivity index (χ2v) is 9.05. The lowest BCUT2D eigenvalue weighted by Crippen LogP contribution is -2.39. The maximum absolute atomic E-state index is 12.9. The maximum atomic E-state index is 12.9. The summed E-state index contributed by atoms with van der Waals surface area (Å²) in [5.74, 6) is -0.364. The smallest absolute Gasteiger partial charge is 0.333 e. The summed E-state index contributed by atoms with van der Waals surface area (Å²) >= 11 is 0. The van der Waals surface area contributed by atoms with Crippen LogP contribution in [0.3, 0.4) is 0 Å². The molecule has 4 rings (SSSR count). The lowest BCUT2D eigenvalue weighted by Gasteiger charge is -2.34. The number of rotatable bonds is 3. The molecule has 0 saturated carbocycles. The van der Waals surface area contributed by atoms with Crippen molar-refractivity contribution in [2.45, 2.75) is 39.2 Å². The Morgan fingerprint density at radius 2 is 1.71 bits per heavy atom. The van der Waals surface area contributed by atoms with Gasteiger partial charge in [-0.15, -0.1) is 0 Å². The van der Waals surface area contributed by atoms with Gasteiger partial charge in [-0.2, -0.15) is 5.10 Å². The third-order valence-electron chi connectivity index (χ3n) is 5.95. The Bertz CT molecular complexity index is 1230. The van der Waals surface area contributed by atoms with Crippen LogP contribution in [-0.2, 0) is 18.9 Å². The van der Waals surface area contributed by atoms with Crippen LogP contribution >= 0.6 is 0 Å². The van der Waals surface area contributed by atoms with Crippen LogP contribution in [0.15, 0.2) is 56.8 Å². The summed E-state index contributed by atoms with van der Waals surface area (Å²) in [6.07, 6.45) is 3.12. The summed E-state index contributed by atoms with van der Waals surface area (Å²) < 4.78 is 2.00. The standard InChI is InChI=1S/C23H26N4O4/c1-23(2)12-15(10-16(28)13-23)27-18(14-8-6-5-7-9-14)11-17(24-27)19-20(29)25(3)22(31)26(4)21(19)30/h5-10,18,29H,11-13H2,1-4H3. The molecular weight excluding hydrogens is 396 g/mol. The third kappa shape index (κ3) is 3.62. The molecule has 1 aliphatic heterocycles. The molecule has 8 heteroatoms. The van der Waals surface area contributed by atoms with E-state index >= 15 is 0 Å². The maximum Gasteiger partial charge on any atom is 0.333 e. The van der Waals surface area contributed by atoms with E-state index in [1.54, 1.807) is 11.1 Å². The van der Waals surface area contributed by atoms with Crippen LogP contribution in [0.4, 0.5) is 0 Å². The number of allylic oxidation sites excluding steroid dienone is 2. The number of hydrogen-bond acceptors (Lipinski definition) is 6. The zero-order valence-electron chi connectivity index (χ0n) is 18.1. The number of hydrogen-bond donors (Lipinski definition) is 1. The highest BCUT2D eigenvalue weighted by molar-refractivity contribution is 6.03. The van der Waals surface area contributed by atoms with Crippen LogP contribution < -0.4 is 11.2 Å². The average molecular weight is 422 g/mol. The van der Waals surface area contributed by atoms with Crippen LogP contribution in [0.1, 0.15) is 50.3 Å². The van der Waals surface area contributed by atoms with Gasteiger partial charge in [0.15, 0.2) is 5.78 Å². The summed E-state index contributed by atoms with van der Waals surface area (Å²) in [6.45, 7) is 4.09. The molecule has 0 amide bonds. The summed E-state index contributed by atoms with van der Waals surface area (Å²) in [4.78, 5) is 37.4. The number of aromatic nitrogens is 2. The van der Waals surface area contributed by atoms with E-state index in [2.05, 4.69) is 0 Å². The molecular formula is C23H26N4O4. The van der Waals surface area contributed by atoms with Gasteiger partial charge < -0.3 is 5.11 Å². The second-order valence-electron chi connectivity index (χ2n) is 9.05. The molecule has 1 aromatic carbocycles. The van der Waals surface area contributed by atoms with E-state index in [0.29, 0.717) is 25.0 Å². The molecule has 8 nitrogen and oxygen atoms in total. The molecule has 1 aliphatic carbocycles. The highest BCUT2D eigenvalue weighted by Crippen LogP contribution is 2.42. The number of hydrazone groups is 1. The molecule has 31 heavy (non-hydrogen) atoms. The normalized spacial score (nSPS) is 20.6. The minimum absolute atomic E-state index is 0.00928. The Kier molecular flexibility index (Phi) is 4.95. The molecule has 1 N–H and O–H groups in total. The molecule has 0 radical (unpaired) electrons. The van der Waals surface area contributed by atoms with Gasteiger partial charge in [0.1, 0.15) is 5.56 Å². The van der Waals surface area contributed by atoms with Crippen molar-refractivity contribution in [2.75, 3.05) is 0 Å². The molecule has 1 unspecified atom stereocenters. The Morgan fingerprint density at radius 1 is 1.03 bits per heavy atom. The van der Waals surface area contributed by atoms with E-state index in [-0.39, 0.29) is 22.8 Å². The van der Waals surface area contributed by atoms with Crippen molar-refractivity contribution in [3.8, 4) is 5.88 Å². The molecule has 0 bridgehead atoms. The van der Waals surface area contributed by atoms with Gasteiger partial charge in [0.05, 0.1) is 11.8 Å². The van der Waals surface area contributed by atoms with Gasteiger partial charge in [0.25, 0.3) is 5.56 Å². The molecule has 1 aromatic heterocycles. The number of carbonyl (C=O) groups is 1. The molecule has 0 saturated heterocycles. The van der Waals surface area contributed by atoms with Crippen molar-refractivity contribution in [3.63, 3.8) is 0 Å². The molecule has 0 fully saturated rings. The van der Waals surface area contributed by atoms with Gasteiger partial charge in [0.2, 0.25) is 5.88 Å². The number of ketones is 1. The summed E-state index contributed by atoms with van der Waals surface area (Å²) in [5.41, 5.74) is 0.764. The van der Waals surface area contributed by atoms with E-state index in [1.165, 1.54) is 14.1 Å². The lowest BCUT2D eigenvalue weighted by molar-refractivity contribution is -0.117. The van der Waals surface area contributed by atoms with E-state index < -0.39 is 17.1 Å². The molecule has 162 valence electrons. The Balaban J connectivity index is 1.87. The third-order valence-corrected chi connectivity index (χ3v) is 5.95. The fourth-order valence-electron chi connectivity index (χ4n) is 4.41. The van der Waals surface area contributed by atoms with Gasteiger partial charge in [0, 0.05) is 38.7 Å². The van der Waals surface area contributed by atoms with Crippen molar-refractivity contribution >= 4 is 11.5 Å². The fourth-order valence-corrected chi connectivity index (χ4v) is 4.41. The van der Waals surface area contributed by atoms with Crippen LogP contribution in [0.5, 0.6) is 5.88 Å². The fraction of sp³-hybridized carbons (Fsp3) is 0.391. The van der Waals surface area contributed by atoms with E-state index in [0.717, 1.165) is 20.4 Å². The first-order valence-electron chi connectivity index (χ1n) is 10.2. The number of benzene rings is 1. The van der Waals surface area contributed by atoms with Crippen molar-refractivity contribution in [2.24, 2.45) is 24.6 Å². The molecule has 2 aromatic rings. The topological polar surface area (TPSA) is 96.9 Å². The van der Waals surface area contributed by atoms with Crippen molar-refractivity contribution in [3.05, 3.63) is 74.1 Å². The summed E-state index contributed by atoms with van der Waals surface area (Å²) in [5, 5.41) is 17.1. The zero-order chi connectivity index (χ0) is 22.5. The van der Waals surface area contributed by atoms with Gasteiger partial charge >= 0.3 is 5.69 Å². The Morgan fingerprint density at radius 3 is 2.35 bits per heavy atom. The van der Waals surface area contributed by atoms with E-state index in [4.69, 9.17) is 5.10 Å². The Hall–Kier alpha value is -3.42.